The molecule has 160 valence electrons. The van der Waals surface area contributed by atoms with Gasteiger partial charge in [-0.25, -0.2) is 14.8 Å². The fourth-order valence-corrected chi connectivity index (χ4v) is 2.47. The maximum atomic E-state index is 11.7. The highest BCUT2D eigenvalue weighted by atomic mass is 16.6. The van der Waals surface area contributed by atoms with Crippen molar-refractivity contribution in [2.24, 2.45) is 0 Å². The number of nitrogens with one attached hydrogen (secondary N) is 2. The molecule has 10 heteroatoms. The highest BCUT2D eigenvalue weighted by Gasteiger charge is 2.16. The summed E-state index contributed by atoms with van der Waals surface area (Å²) in [5, 5.41) is 18.4. The van der Waals surface area contributed by atoms with Crippen LogP contribution < -0.4 is 15.4 Å². The van der Waals surface area contributed by atoms with Crippen LogP contribution >= 0.6 is 0 Å². The maximum Gasteiger partial charge on any atom is 0.407 e. The molecule has 0 aliphatic carbocycles. The van der Waals surface area contributed by atoms with Crippen molar-refractivity contribution >= 4 is 17.7 Å². The topological polar surface area (TPSA) is 135 Å². The monoisotopic (exact) mass is 422 g/mol. The number of rotatable bonds is 7. The van der Waals surface area contributed by atoms with E-state index in [9.17, 15) is 4.79 Å². The third kappa shape index (κ3) is 6.43. The van der Waals surface area contributed by atoms with Gasteiger partial charge >= 0.3 is 6.09 Å². The number of anilines is 2. The zero-order valence-corrected chi connectivity index (χ0v) is 17.4. The SMILES string of the molecule is CC(C)(C)OC(=O)NCCOc1ccccc1-c1cc(Nc2cnc(C#N)cn2)no1. The zero-order valence-electron chi connectivity index (χ0n) is 17.4. The molecule has 3 rings (SSSR count). The fraction of sp³-hybridized carbons (Fsp3) is 0.286. The van der Waals surface area contributed by atoms with Crippen LogP contribution in [0, 0.1) is 11.3 Å². The largest absolute Gasteiger partial charge is 0.491 e. The summed E-state index contributed by atoms with van der Waals surface area (Å²) in [4.78, 5) is 19.7. The van der Waals surface area contributed by atoms with E-state index >= 15 is 0 Å². The Kier molecular flexibility index (Phi) is 6.67. The molecule has 0 unspecified atom stereocenters. The van der Waals surface area contributed by atoms with Gasteiger partial charge in [0, 0.05) is 6.07 Å². The smallest absolute Gasteiger partial charge is 0.407 e. The highest BCUT2D eigenvalue weighted by molar-refractivity contribution is 5.69. The molecule has 2 heterocycles. The van der Waals surface area contributed by atoms with Crippen LogP contribution in [0.3, 0.4) is 0 Å². The molecule has 0 bridgehead atoms. The molecule has 1 aromatic carbocycles. The number of nitriles is 1. The predicted molar refractivity (Wildman–Crippen MR) is 112 cm³/mol. The average Bonchev–Trinajstić information content (AvgIpc) is 3.19. The van der Waals surface area contributed by atoms with E-state index in [1.807, 2.05) is 24.3 Å². The Balaban J connectivity index is 1.60. The first-order valence-electron chi connectivity index (χ1n) is 9.49. The first-order valence-corrected chi connectivity index (χ1v) is 9.49. The van der Waals surface area contributed by atoms with Crippen LogP contribution in [0.5, 0.6) is 5.75 Å². The van der Waals surface area contributed by atoms with Crippen molar-refractivity contribution in [2.45, 2.75) is 26.4 Å². The van der Waals surface area contributed by atoms with Crippen molar-refractivity contribution in [3.8, 4) is 23.1 Å². The molecule has 31 heavy (non-hydrogen) atoms. The van der Waals surface area contributed by atoms with Gasteiger partial charge < -0.3 is 24.6 Å². The Morgan fingerprint density at radius 1 is 1.19 bits per heavy atom. The number of nitrogens with zero attached hydrogens (tertiary/aromatic N) is 4. The minimum absolute atomic E-state index is 0.221. The molecule has 0 aliphatic rings. The lowest BCUT2D eigenvalue weighted by molar-refractivity contribution is 0.0520. The van der Waals surface area contributed by atoms with Gasteiger partial charge in [0.15, 0.2) is 17.3 Å². The normalized spacial score (nSPS) is 10.8. The van der Waals surface area contributed by atoms with Crippen LogP contribution in [0.4, 0.5) is 16.4 Å². The molecule has 1 amide bonds. The Labute approximate surface area is 179 Å². The van der Waals surface area contributed by atoms with E-state index in [4.69, 9.17) is 19.3 Å². The Morgan fingerprint density at radius 2 is 2.00 bits per heavy atom. The van der Waals surface area contributed by atoms with Crippen LogP contribution in [-0.4, -0.2) is 40.0 Å². The van der Waals surface area contributed by atoms with Crippen molar-refractivity contribution in [1.29, 1.82) is 5.26 Å². The van der Waals surface area contributed by atoms with Gasteiger partial charge in [-0.2, -0.15) is 5.26 Å². The van der Waals surface area contributed by atoms with Crippen molar-refractivity contribution in [3.63, 3.8) is 0 Å². The lowest BCUT2D eigenvalue weighted by Crippen LogP contribution is -2.34. The van der Waals surface area contributed by atoms with Gasteiger partial charge in [0.2, 0.25) is 0 Å². The van der Waals surface area contributed by atoms with Crippen molar-refractivity contribution in [2.75, 3.05) is 18.5 Å². The van der Waals surface area contributed by atoms with E-state index in [1.165, 1.54) is 12.4 Å². The van der Waals surface area contributed by atoms with Crippen LogP contribution in [0.1, 0.15) is 26.5 Å². The highest BCUT2D eigenvalue weighted by Crippen LogP contribution is 2.31. The van der Waals surface area contributed by atoms with Crippen molar-refractivity contribution in [1.82, 2.24) is 20.4 Å². The molecular formula is C21H22N6O4. The summed E-state index contributed by atoms with van der Waals surface area (Å²) < 4.78 is 16.4. The molecule has 0 aliphatic heterocycles. The summed E-state index contributed by atoms with van der Waals surface area (Å²) in [6.07, 6.45) is 2.29. The first-order chi connectivity index (χ1) is 14.8. The van der Waals surface area contributed by atoms with Gasteiger partial charge in [0.05, 0.1) is 24.5 Å². The molecule has 0 atom stereocenters. The van der Waals surface area contributed by atoms with Gasteiger partial charge in [0.1, 0.15) is 29.8 Å². The number of hydrogen-bond acceptors (Lipinski definition) is 9. The summed E-state index contributed by atoms with van der Waals surface area (Å²) in [5.41, 5.74) is 0.365. The fourth-order valence-electron chi connectivity index (χ4n) is 2.47. The molecule has 3 aromatic rings. The lowest BCUT2D eigenvalue weighted by Gasteiger charge is -2.19. The number of ether oxygens (including phenoxy) is 2. The number of para-hydroxylation sites is 1. The molecule has 0 fully saturated rings. The Bertz CT molecular complexity index is 1070. The second kappa shape index (κ2) is 9.58. The second-order valence-electron chi connectivity index (χ2n) is 7.37. The summed E-state index contributed by atoms with van der Waals surface area (Å²) in [6, 6.07) is 10.9. The van der Waals surface area contributed by atoms with E-state index < -0.39 is 11.7 Å². The molecule has 0 spiro atoms. The average molecular weight is 422 g/mol. The zero-order chi connectivity index (χ0) is 22.3. The maximum absolute atomic E-state index is 11.7. The number of aromatic nitrogens is 3. The number of carbonyl (C=O) groups excluding carboxylic acids is 1. The predicted octanol–water partition coefficient (Wildman–Crippen LogP) is 3.65. The Morgan fingerprint density at radius 3 is 2.71 bits per heavy atom. The van der Waals surface area contributed by atoms with Crippen LogP contribution in [0.25, 0.3) is 11.3 Å². The van der Waals surface area contributed by atoms with Crippen molar-refractivity contribution in [3.05, 3.63) is 48.4 Å². The second-order valence-corrected chi connectivity index (χ2v) is 7.37. The van der Waals surface area contributed by atoms with E-state index in [0.29, 0.717) is 28.7 Å². The number of benzene rings is 1. The van der Waals surface area contributed by atoms with Gasteiger partial charge in [-0.1, -0.05) is 17.3 Å². The van der Waals surface area contributed by atoms with E-state index in [1.54, 1.807) is 32.9 Å². The summed E-state index contributed by atoms with van der Waals surface area (Å²) >= 11 is 0. The van der Waals surface area contributed by atoms with E-state index in [2.05, 4.69) is 25.8 Å². The third-order valence-electron chi connectivity index (χ3n) is 3.71. The lowest BCUT2D eigenvalue weighted by atomic mass is 10.1. The summed E-state index contributed by atoms with van der Waals surface area (Å²) in [7, 11) is 0. The van der Waals surface area contributed by atoms with E-state index in [0.717, 1.165) is 0 Å². The quantitative estimate of drug-likeness (QED) is 0.547. The van der Waals surface area contributed by atoms with Crippen LogP contribution in [0.15, 0.2) is 47.2 Å². The van der Waals surface area contributed by atoms with Gasteiger partial charge in [-0.15, -0.1) is 0 Å². The number of amides is 1. The van der Waals surface area contributed by atoms with Crippen molar-refractivity contribution < 1.29 is 18.8 Å². The number of carbonyl (C=O) groups is 1. The van der Waals surface area contributed by atoms with Gasteiger partial charge in [-0.05, 0) is 32.9 Å². The molecule has 0 radical (unpaired) electrons. The van der Waals surface area contributed by atoms with Gasteiger partial charge in [-0.3, -0.25) is 0 Å². The standard InChI is InChI=1S/C21H22N6O4/c1-21(2,3)30-20(28)23-8-9-29-16-7-5-4-6-15(16)17-10-18(27-31-17)26-19-13-24-14(11-22)12-25-19/h4-7,10,12-13H,8-9H2,1-3H3,(H,23,28)(H,25,26,27). The van der Waals surface area contributed by atoms with Crippen LogP contribution in [0.2, 0.25) is 0 Å². The van der Waals surface area contributed by atoms with Gasteiger partial charge in [0.25, 0.3) is 0 Å². The minimum atomic E-state index is -0.557. The molecule has 2 N–H and O–H groups in total. The third-order valence-corrected chi connectivity index (χ3v) is 3.71. The number of hydrogen-bond donors (Lipinski definition) is 2. The van der Waals surface area contributed by atoms with Crippen LogP contribution in [-0.2, 0) is 4.74 Å². The summed E-state index contributed by atoms with van der Waals surface area (Å²) in [5.74, 6) is 1.92. The summed E-state index contributed by atoms with van der Waals surface area (Å²) in [6.45, 7) is 5.93. The molecule has 10 nitrogen and oxygen atoms in total. The molecule has 0 saturated carbocycles. The molecule has 2 aromatic heterocycles. The molecule has 0 saturated heterocycles. The molecular weight excluding hydrogens is 400 g/mol. The first kappa shape index (κ1) is 21.6. The Hall–Kier alpha value is -4.13. The van der Waals surface area contributed by atoms with E-state index in [-0.39, 0.29) is 18.8 Å². The number of alkyl carbamates (subject to hydrolysis) is 1. The minimum Gasteiger partial charge on any atom is -0.491 e.